The number of thioether (sulfide) groups is 1. The fourth-order valence-electron chi connectivity index (χ4n) is 2.47. The van der Waals surface area contributed by atoms with Crippen molar-refractivity contribution < 1.29 is 9.53 Å². The van der Waals surface area contributed by atoms with Gasteiger partial charge in [0, 0.05) is 28.4 Å². The van der Waals surface area contributed by atoms with Gasteiger partial charge in [-0.2, -0.15) is 0 Å². The van der Waals surface area contributed by atoms with E-state index in [1.54, 1.807) is 11.8 Å². The number of aromatic nitrogens is 1. The van der Waals surface area contributed by atoms with Crippen LogP contribution in [0.2, 0.25) is 0 Å². The third-order valence-electron chi connectivity index (χ3n) is 3.62. The van der Waals surface area contributed by atoms with E-state index >= 15 is 0 Å². The van der Waals surface area contributed by atoms with Crippen LogP contribution < -0.4 is 4.74 Å². The highest BCUT2D eigenvalue weighted by Crippen LogP contribution is 2.20. The lowest BCUT2D eigenvalue weighted by Crippen LogP contribution is -2.12. The van der Waals surface area contributed by atoms with Crippen molar-refractivity contribution >= 4 is 17.5 Å². The number of Topliss-reactive ketones (excluding diaryl/α,β-unsaturated/α-hetero) is 1. The van der Waals surface area contributed by atoms with Crippen LogP contribution in [-0.2, 0) is 6.54 Å². The van der Waals surface area contributed by atoms with Crippen molar-refractivity contribution in [2.45, 2.75) is 32.2 Å². The fourth-order valence-corrected chi connectivity index (χ4v) is 2.88. The molecule has 0 atom stereocenters. The van der Waals surface area contributed by atoms with Crippen molar-refractivity contribution in [1.29, 1.82) is 0 Å². The highest BCUT2D eigenvalue weighted by atomic mass is 32.2. The second-order valence-corrected chi connectivity index (χ2v) is 5.80. The van der Waals surface area contributed by atoms with Gasteiger partial charge >= 0.3 is 0 Å². The molecule has 0 aliphatic carbocycles. The molecule has 0 spiro atoms. The van der Waals surface area contributed by atoms with Crippen LogP contribution >= 0.6 is 11.8 Å². The molecule has 0 saturated heterocycles. The summed E-state index contributed by atoms with van der Waals surface area (Å²) in [6, 6.07) is 9.73. The van der Waals surface area contributed by atoms with Gasteiger partial charge in [0.15, 0.2) is 6.61 Å². The standard InChI is InChI=1S/C17H21NO2S/c1-5-18-12(2)10-16(13(18)3)17(19)11-20-14-6-8-15(21-4)9-7-14/h6-10H,5,11H2,1-4H3. The number of carbonyl (C=O) groups excluding carboxylic acids is 1. The number of carbonyl (C=O) groups is 1. The van der Waals surface area contributed by atoms with E-state index in [2.05, 4.69) is 11.5 Å². The maximum absolute atomic E-state index is 12.3. The van der Waals surface area contributed by atoms with Crippen LogP contribution in [-0.4, -0.2) is 23.2 Å². The van der Waals surface area contributed by atoms with Crippen LogP contribution in [0.1, 0.15) is 28.7 Å². The number of benzene rings is 1. The van der Waals surface area contributed by atoms with Gasteiger partial charge in [-0.05, 0) is 57.4 Å². The molecule has 1 aromatic carbocycles. The molecule has 0 amide bonds. The smallest absolute Gasteiger partial charge is 0.202 e. The van der Waals surface area contributed by atoms with Crippen molar-refractivity contribution in [2.24, 2.45) is 0 Å². The van der Waals surface area contributed by atoms with Crippen LogP contribution in [0.3, 0.4) is 0 Å². The van der Waals surface area contributed by atoms with Crippen molar-refractivity contribution in [3.05, 3.63) is 47.3 Å². The van der Waals surface area contributed by atoms with Gasteiger partial charge in [0.05, 0.1) is 0 Å². The average molecular weight is 303 g/mol. The predicted molar refractivity (Wildman–Crippen MR) is 87.6 cm³/mol. The first kappa shape index (κ1) is 15.7. The maximum Gasteiger partial charge on any atom is 0.202 e. The minimum Gasteiger partial charge on any atom is -0.485 e. The lowest BCUT2D eigenvalue weighted by atomic mass is 10.1. The molecule has 2 aromatic rings. The maximum atomic E-state index is 12.3. The van der Waals surface area contributed by atoms with Gasteiger partial charge in [-0.25, -0.2) is 0 Å². The molecule has 4 heteroatoms. The SMILES string of the molecule is CCn1c(C)cc(C(=O)COc2ccc(SC)cc2)c1C. The monoisotopic (exact) mass is 303 g/mol. The zero-order chi connectivity index (χ0) is 15.4. The summed E-state index contributed by atoms with van der Waals surface area (Å²) < 4.78 is 7.73. The summed E-state index contributed by atoms with van der Waals surface area (Å²) in [7, 11) is 0. The molecule has 1 aromatic heterocycles. The van der Waals surface area contributed by atoms with E-state index in [1.165, 1.54) is 4.90 Å². The van der Waals surface area contributed by atoms with Crippen molar-refractivity contribution in [2.75, 3.05) is 12.9 Å². The fraction of sp³-hybridized carbons (Fsp3) is 0.353. The summed E-state index contributed by atoms with van der Waals surface area (Å²) in [6.45, 7) is 7.04. The first-order valence-electron chi connectivity index (χ1n) is 7.03. The van der Waals surface area contributed by atoms with E-state index in [-0.39, 0.29) is 12.4 Å². The lowest BCUT2D eigenvalue weighted by Gasteiger charge is -2.07. The van der Waals surface area contributed by atoms with Gasteiger partial charge in [-0.1, -0.05) is 0 Å². The second-order valence-electron chi connectivity index (χ2n) is 4.92. The summed E-state index contributed by atoms with van der Waals surface area (Å²) in [4.78, 5) is 13.5. The molecular formula is C17H21NO2S. The third kappa shape index (κ3) is 3.50. The molecule has 0 aliphatic rings. The number of ether oxygens (including phenoxy) is 1. The number of hydrogen-bond donors (Lipinski definition) is 0. The number of aryl methyl sites for hydroxylation is 1. The van der Waals surface area contributed by atoms with Crippen LogP contribution in [0, 0.1) is 13.8 Å². The highest BCUT2D eigenvalue weighted by Gasteiger charge is 2.15. The summed E-state index contributed by atoms with van der Waals surface area (Å²) in [5.74, 6) is 0.752. The molecule has 3 nitrogen and oxygen atoms in total. The molecule has 21 heavy (non-hydrogen) atoms. The van der Waals surface area contributed by atoms with Crippen LogP contribution in [0.25, 0.3) is 0 Å². The van der Waals surface area contributed by atoms with E-state index in [4.69, 9.17) is 4.74 Å². The van der Waals surface area contributed by atoms with Gasteiger partial charge in [0.2, 0.25) is 5.78 Å². The van der Waals surface area contributed by atoms with E-state index in [0.29, 0.717) is 0 Å². The Bertz CT molecular complexity index is 629. The Balaban J connectivity index is 2.04. The number of ketones is 1. The molecule has 0 fully saturated rings. The molecule has 0 N–H and O–H groups in total. The topological polar surface area (TPSA) is 31.2 Å². The Morgan fingerprint density at radius 1 is 1.24 bits per heavy atom. The third-order valence-corrected chi connectivity index (χ3v) is 4.36. The number of rotatable bonds is 6. The minimum atomic E-state index is 0.0248. The molecule has 0 saturated carbocycles. The number of hydrogen-bond acceptors (Lipinski definition) is 3. The quantitative estimate of drug-likeness (QED) is 0.594. The molecule has 0 aliphatic heterocycles. The lowest BCUT2D eigenvalue weighted by molar-refractivity contribution is 0.0920. The van der Waals surface area contributed by atoms with Crippen LogP contribution in [0.4, 0.5) is 0 Å². The second kappa shape index (κ2) is 6.85. The Labute approximate surface area is 130 Å². The van der Waals surface area contributed by atoms with Gasteiger partial charge < -0.3 is 9.30 Å². The molecule has 112 valence electrons. The first-order valence-corrected chi connectivity index (χ1v) is 8.26. The van der Waals surface area contributed by atoms with Crippen molar-refractivity contribution in [3.8, 4) is 5.75 Å². The summed E-state index contributed by atoms with van der Waals surface area (Å²) in [6.07, 6.45) is 2.03. The van der Waals surface area contributed by atoms with Gasteiger partial charge in [0.1, 0.15) is 5.75 Å². The van der Waals surface area contributed by atoms with Crippen molar-refractivity contribution in [1.82, 2.24) is 4.57 Å². The Hall–Kier alpha value is -1.68. The zero-order valence-electron chi connectivity index (χ0n) is 13.0. The van der Waals surface area contributed by atoms with E-state index in [1.807, 2.05) is 50.4 Å². The van der Waals surface area contributed by atoms with Crippen LogP contribution in [0.5, 0.6) is 5.75 Å². The van der Waals surface area contributed by atoms with E-state index in [9.17, 15) is 4.79 Å². The van der Waals surface area contributed by atoms with Gasteiger partial charge in [-0.15, -0.1) is 11.8 Å². The Morgan fingerprint density at radius 2 is 1.90 bits per heavy atom. The molecule has 0 unspecified atom stereocenters. The summed E-state index contributed by atoms with van der Waals surface area (Å²) in [5.41, 5.74) is 2.89. The molecule has 0 bridgehead atoms. The van der Waals surface area contributed by atoms with E-state index in [0.717, 1.165) is 29.2 Å². The first-order chi connectivity index (χ1) is 10.1. The Kier molecular flexibility index (Phi) is 5.12. The predicted octanol–water partition coefficient (Wildman–Crippen LogP) is 4.11. The molecule has 2 rings (SSSR count). The largest absolute Gasteiger partial charge is 0.485 e. The highest BCUT2D eigenvalue weighted by molar-refractivity contribution is 7.98. The molecule has 0 radical (unpaired) electrons. The number of nitrogens with zero attached hydrogens (tertiary/aromatic N) is 1. The normalized spacial score (nSPS) is 10.7. The molecule has 1 heterocycles. The average Bonchev–Trinajstić information content (AvgIpc) is 2.79. The van der Waals surface area contributed by atoms with Gasteiger partial charge in [0.25, 0.3) is 0 Å². The van der Waals surface area contributed by atoms with Crippen molar-refractivity contribution in [3.63, 3.8) is 0 Å². The van der Waals surface area contributed by atoms with Gasteiger partial charge in [-0.3, -0.25) is 4.79 Å². The zero-order valence-corrected chi connectivity index (χ0v) is 13.8. The molecular weight excluding hydrogens is 282 g/mol. The van der Waals surface area contributed by atoms with E-state index < -0.39 is 0 Å². The summed E-state index contributed by atoms with van der Waals surface area (Å²) in [5, 5.41) is 0. The summed E-state index contributed by atoms with van der Waals surface area (Å²) >= 11 is 1.68. The minimum absolute atomic E-state index is 0.0248. The van der Waals surface area contributed by atoms with Crippen LogP contribution in [0.15, 0.2) is 35.2 Å². The Morgan fingerprint density at radius 3 is 2.43 bits per heavy atom.